The lowest BCUT2D eigenvalue weighted by molar-refractivity contribution is -0.248. The van der Waals surface area contributed by atoms with E-state index >= 15 is 0 Å². The Labute approximate surface area is 68.6 Å². The van der Waals surface area contributed by atoms with Gasteiger partial charge in [-0.2, -0.15) is 0 Å². The SMILES string of the molecule is OC[C@H]1OC(O)(CO)[C@H](O)[C@H]1O. The van der Waals surface area contributed by atoms with Crippen molar-refractivity contribution >= 4 is 0 Å². The Morgan fingerprint density at radius 1 is 1.25 bits per heavy atom. The van der Waals surface area contributed by atoms with Gasteiger partial charge in [-0.15, -0.1) is 0 Å². The molecule has 0 spiro atoms. The number of hydrogen-bond acceptors (Lipinski definition) is 6. The first-order valence-corrected chi connectivity index (χ1v) is 3.53. The van der Waals surface area contributed by atoms with Gasteiger partial charge >= 0.3 is 0 Å². The van der Waals surface area contributed by atoms with Crippen molar-refractivity contribution in [3.8, 4) is 0 Å². The van der Waals surface area contributed by atoms with E-state index in [0.29, 0.717) is 0 Å². The molecule has 1 saturated heterocycles. The molecule has 6 heteroatoms. The van der Waals surface area contributed by atoms with Gasteiger partial charge in [0.1, 0.15) is 18.3 Å². The fourth-order valence-corrected chi connectivity index (χ4v) is 1.15. The molecular formula is C6H12O6. The Morgan fingerprint density at radius 3 is 2.08 bits per heavy atom. The molecule has 0 aromatic rings. The quantitative estimate of drug-likeness (QED) is 0.306. The van der Waals surface area contributed by atoms with Crippen LogP contribution in [-0.2, 0) is 4.74 Å². The van der Waals surface area contributed by atoms with E-state index in [1.807, 2.05) is 0 Å². The third-order valence-electron chi connectivity index (χ3n) is 1.93. The lowest BCUT2D eigenvalue weighted by atomic mass is 10.1. The summed E-state index contributed by atoms with van der Waals surface area (Å²) >= 11 is 0. The van der Waals surface area contributed by atoms with Gasteiger partial charge in [-0.3, -0.25) is 0 Å². The summed E-state index contributed by atoms with van der Waals surface area (Å²) in [6.45, 7) is -1.36. The highest BCUT2D eigenvalue weighted by Gasteiger charge is 2.52. The normalized spacial score (nSPS) is 48.2. The maximum Gasteiger partial charge on any atom is 0.219 e. The highest BCUT2D eigenvalue weighted by atomic mass is 16.7. The molecule has 0 radical (unpaired) electrons. The second-order valence-corrected chi connectivity index (χ2v) is 2.78. The average molecular weight is 180 g/mol. The molecular weight excluding hydrogens is 168 g/mol. The van der Waals surface area contributed by atoms with Gasteiger partial charge in [0.2, 0.25) is 5.79 Å². The van der Waals surface area contributed by atoms with Crippen LogP contribution in [-0.4, -0.2) is 62.8 Å². The van der Waals surface area contributed by atoms with Crippen molar-refractivity contribution in [1.29, 1.82) is 0 Å². The molecule has 1 unspecified atom stereocenters. The second kappa shape index (κ2) is 3.25. The Kier molecular flexibility index (Phi) is 2.67. The predicted octanol–water partition coefficient (Wildman–Crippen LogP) is -3.22. The number of rotatable bonds is 2. The van der Waals surface area contributed by atoms with Gasteiger partial charge in [0.25, 0.3) is 0 Å². The molecule has 1 heterocycles. The van der Waals surface area contributed by atoms with E-state index in [2.05, 4.69) is 4.74 Å². The van der Waals surface area contributed by atoms with Crippen molar-refractivity contribution in [2.24, 2.45) is 0 Å². The molecule has 0 saturated carbocycles. The van der Waals surface area contributed by atoms with Gasteiger partial charge in [-0.05, 0) is 0 Å². The summed E-state index contributed by atoms with van der Waals surface area (Å²) in [6, 6.07) is 0. The van der Waals surface area contributed by atoms with Gasteiger partial charge in [-0.1, -0.05) is 0 Å². The third kappa shape index (κ3) is 1.33. The zero-order valence-corrected chi connectivity index (χ0v) is 6.29. The molecule has 0 bridgehead atoms. The van der Waals surface area contributed by atoms with Crippen LogP contribution in [0.2, 0.25) is 0 Å². The van der Waals surface area contributed by atoms with Crippen molar-refractivity contribution in [2.45, 2.75) is 24.1 Å². The topological polar surface area (TPSA) is 110 Å². The van der Waals surface area contributed by atoms with E-state index in [0.717, 1.165) is 0 Å². The van der Waals surface area contributed by atoms with Gasteiger partial charge in [0, 0.05) is 0 Å². The van der Waals surface area contributed by atoms with Crippen LogP contribution in [0.25, 0.3) is 0 Å². The number of hydrogen-bond donors (Lipinski definition) is 5. The largest absolute Gasteiger partial charge is 0.394 e. The fourth-order valence-electron chi connectivity index (χ4n) is 1.15. The molecule has 0 aliphatic carbocycles. The van der Waals surface area contributed by atoms with E-state index in [-0.39, 0.29) is 0 Å². The molecule has 12 heavy (non-hydrogen) atoms. The van der Waals surface area contributed by atoms with Crippen LogP contribution in [0, 0.1) is 0 Å². The molecule has 0 aromatic heterocycles. The van der Waals surface area contributed by atoms with E-state index in [9.17, 15) is 5.11 Å². The third-order valence-corrected chi connectivity index (χ3v) is 1.93. The number of aliphatic hydroxyl groups is 5. The molecule has 6 nitrogen and oxygen atoms in total. The molecule has 1 aliphatic rings. The number of ether oxygens (including phenoxy) is 1. The van der Waals surface area contributed by atoms with Crippen molar-refractivity contribution < 1.29 is 30.3 Å². The summed E-state index contributed by atoms with van der Waals surface area (Å²) in [5, 5.41) is 44.7. The second-order valence-electron chi connectivity index (χ2n) is 2.78. The summed E-state index contributed by atoms with van der Waals surface area (Å²) in [6.07, 6.45) is -4.04. The van der Waals surface area contributed by atoms with Gasteiger partial charge in [-0.25, -0.2) is 0 Å². The summed E-state index contributed by atoms with van der Waals surface area (Å²) < 4.78 is 4.63. The smallest absolute Gasteiger partial charge is 0.219 e. The Morgan fingerprint density at radius 2 is 1.83 bits per heavy atom. The first-order valence-electron chi connectivity index (χ1n) is 3.53. The van der Waals surface area contributed by atoms with Crippen molar-refractivity contribution in [3.63, 3.8) is 0 Å². The zero-order chi connectivity index (χ0) is 9.35. The minimum atomic E-state index is -2.16. The minimum absolute atomic E-state index is 0.527. The summed E-state index contributed by atoms with van der Waals surface area (Å²) in [5.74, 6) is -2.16. The van der Waals surface area contributed by atoms with Crippen LogP contribution >= 0.6 is 0 Å². The van der Waals surface area contributed by atoms with E-state index in [1.165, 1.54) is 0 Å². The van der Waals surface area contributed by atoms with E-state index in [1.54, 1.807) is 0 Å². The van der Waals surface area contributed by atoms with Crippen LogP contribution in [0.3, 0.4) is 0 Å². The number of aliphatic hydroxyl groups excluding tert-OH is 4. The fraction of sp³-hybridized carbons (Fsp3) is 1.00. The Balaban J connectivity index is 2.72. The molecule has 1 aliphatic heterocycles. The Bertz CT molecular complexity index is 162. The lowest BCUT2D eigenvalue weighted by Gasteiger charge is -2.22. The Hall–Kier alpha value is -0.240. The van der Waals surface area contributed by atoms with E-state index < -0.39 is 37.3 Å². The minimum Gasteiger partial charge on any atom is -0.394 e. The van der Waals surface area contributed by atoms with Gasteiger partial charge in [0.15, 0.2) is 0 Å². The van der Waals surface area contributed by atoms with Crippen molar-refractivity contribution in [3.05, 3.63) is 0 Å². The maximum absolute atomic E-state index is 9.25. The van der Waals surface area contributed by atoms with Gasteiger partial charge in [0.05, 0.1) is 13.2 Å². The molecule has 0 aromatic carbocycles. The average Bonchev–Trinajstić information content (AvgIpc) is 2.31. The predicted molar refractivity (Wildman–Crippen MR) is 36.0 cm³/mol. The lowest BCUT2D eigenvalue weighted by Crippen LogP contribution is -2.46. The zero-order valence-electron chi connectivity index (χ0n) is 6.29. The van der Waals surface area contributed by atoms with Crippen molar-refractivity contribution in [1.82, 2.24) is 0 Å². The van der Waals surface area contributed by atoms with E-state index in [4.69, 9.17) is 20.4 Å². The highest BCUT2D eigenvalue weighted by Crippen LogP contribution is 2.28. The molecule has 0 amide bonds. The monoisotopic (exact) mass is 180 g/mol. The molecule has 5 N–H and O–H groups in total. The molecule has 1 fully saturated rings. The molecule has 72 valence electrons. The summed E-state index contributed by atoms with van der Waals surface area (Å²) in [4.78, 5) is 0. The molecule has 4 atom stereocenters. The standard InChI is InChI=1S/C6H12O6/c7-1-3-4(9)5(10)6(11,2-8)12-3/h3-5,7-11H,1-2H2/t3-,4+,5-,6?/m1/s1. The van der Waals surface area contributed by atoms with Crippen LogP contribution in [0.5, 0.6) is 0 Å². The highest BCUT2D eigenvalue weighted by molar-refractivity contribution is 4.94. The first kappa shape index (κ1) is 9.85. The summed E-state index contributed by atoms with van der Waals surface area (Å²) in [7, 11) is 0. The summed E-state index contributed by atoms with van der Waals surface area (Å²) in [5.41, 5.74) is 0. The van der Waals surface area contributed by atoms with Gasteiger partial charge < -0.3 is 30.3 Å². The van der Waals surface area contributed by atoms with Crippen molar-refractivity contribution in [2.75, 3.05) is 13.2 Å². The first-order chi connectivity index (χ1) is 5.55. The molecule has 1 rings (SSSR count). The van der Waals surface area contributed by atoms with Crippen LogP contribution in [0.4, 0.5) is 0 Å². The van der Waals surface area contributed by atoms with Crippen LogP contribution in [0.15, 0.2) is 0 Å². The van der Waals surface area contributed by atoms with Crippen LogP contribution in [0.1, 0.15) is 0 Å². The maximum atomic E-state index is 9.25. The van der Waals surface area contributed by atoms with Crippen LogP contribution < -0.4 is 0 Å².